The third-order valence-corrected chi connectivity index (χ3v) is 3.53. The van der Waals surface area contributed by atoms with Crippen LogP contribution in [0.25, 0.3) is 0 Å². The van der Waals surface area contributed by atoms with E-state index in [0.717, 1.165) is 0 Å². The molecule has 0 radical (unpaired) electrons. The quantitative estimate of drug-likeness (QED) is 0.670. The summed E-state index contributed by atoms with van der Waals surface area (Å²) in [5, 5.41) is 0. The Morgan fingerprint density at radius 2 is 1.94 bits per heavy atom. The molecule has 0 aromatic carbocycles. The summed E-state index contributed by atoms with van der Waals surface area (Å²) < 4.78 is 33.4. The molecule has 1 rings (SSSR count). The Morgan fingerprint density at radius 1 is 1.28 bits per heavy atom. The van der Waals surface area contributed by atoms with Gasteiger partial charge in [-0.15, -0.1) is 9.05 Å². The van der Waals surface area contributed by atoms with Crippen molar-refractivity contribution in [3.63, 3.8) is 0 Å². The first-order valence-corrected chi connectivity index (χ1v) is 7.56. The summed E-state index contributed by atoms with van der Waals surface area (Å²) in [7, 11) is -2.09. The van der Waals surface area contributed by atoms with Crippen LogP contribution >= 0.6 is 8.25 Å². The Morgan fingerprint density at radius 3 is 2.50 bits per heavy atom. The van der Waals surface area contributed by atoms with Crippen molar-refractivity contribution in [3.8, 4) is 0 Å². The van der Waals surface area contributed by atoms with Gasteiger partial charge in [0.25, 0.3) is 0 Å². The van der Waals surface area contributed by atoms with Gasteiger partial charge in [-0.2, -0.15) is 0 Å². The molecule has 1 heterocycles. The highest BCUT2D eigenvalue weighted by Gasteiger charge is 2.41. The number of rotatable bonds is 7. The second kappa shape index (κ2) is 7.51. The first-order chi connectivity index (χ1) is 8.38. The molecular formula is C12H24O5P+. The molecule has 1 saturated heterocycles. The summed E-state index contributed by atoms with van der Waals surface area (Å²) in [6, 6.07) is 0. The Bertz CT molecular complexity index is 269. The summed E-state index contributed by atoms with van der Waals surface area (Å²) in [5.41, 5.74) is 0. The lowest BCUT2D eigenvalue weighted by molar-refractivity contribution is -0.0518. The second-order valence-electron chi connectivity index (χ2n) is 5.12. The van der Waals surface area contributed by atoms with Crippen LogP contribution in [0.15, 0.2) is 0 Å². The fourth-order valence-electron chi connectivity index (χ4n) is 1.77. The first kappa shape index (κ1) is 16.0. The van der Waals surface area contributed by atoms with Crippen LogP contribution in [0.5, 0.6) is 0 Å². The molecule has 4 atom stereocenters. The van der Waals surface area contributed by atoms with E-state index in [1.54, 1.807) is 0 Å². The zero-order valence-corrected chi connectivity index (χ0v) is 12.7. The highest BCUT2D eigenvalue weighted by Crippen LogP contribution is 2.34. The molecule has 0 spiro atoms. The minimum Gasteiger partial charge on any atom is -0.376 e. The van der Waals surface area contributed by atoms with E-state index in [1.165, 1.54) is 0 Å². The van der Waals surface area contributed by atoms with Gasteiger partial charge in [0.15, 0.2) is 0 Å². The zero-order valence-electron chi connectivity index (χ0n) is 11.8. The van der Waals surface area contributed by atoms with Gasteiger partial charge in [0.05, 0.1) is 18.8 Å². The minimum absolute atomic E-state index is 0.0956. The molecule has 0 aliphatic carbocycles. The SMILES string of the molecule is CC(C)OC[C@H]1O[C@@H](C)CC1O[P+](=O)OC(C)C. The summed E-state index contributed by atoms with van der Waals surface area (Å²) in [5.74, 6) is 0. The largest absolute Gasteiger partial charge is 0.698 e. The molecule has 18 heavy (non-hydrogen) atoms. The molecule has 0 amide bonds. The molecule has 0 bridgehead atoms. The van der Waals surface area contributed by atoms with Crippen LogP contribution in [0.4, 0.5) is 0 Å². The predicted molar refractivity (Wildman–Crippen MR) is 68.7 cm³/mol. The number of hydrogen-bond acceptors (Lipinski definition) is 5. The molecule has 0 aromatic heterocycles. The molecule has 1 aliphatic heterocycles. The van der Waals surface area contributed by atoms with Gasteiger partial charge in [-0.05, 0) is 34.6 Å². The van der Waals surface area contributed by atoms with Gasteiger partial charge in [-0.25, -0.2) is 0 Å². The monoisotopic (exact) mass is 279 g/mol. The molecule has 0 N–H and O–H groups in total. The average molecular weight is 279 g/mol. The molecule has 1 aliphatic rings. The van der Waals surface area contributed by atoms with Crippen molar-refractivity contribution in [2.75, 3.05) is 6.61 Å². The number of hydrogen-bond donors (Lipinski definition) is 0. The third kappa shape index (κ3) is 5.72. The normalized spacial score (nSPS) is 29.3. The first-order valence-electron chi connectivity index (χ1n) is 6.46. The highest BCUT2D eigenvalue weighted by molar-refractivity contribution is 7.33. The second-order valence-corrected chi connectivity index (χ2v) is 5.99. The highest BCUT2D eigenvalue weighted by atomic mass is 31.1. The van der Waals surface area contributed by atoms with E-state index < -0.39 is 8.25 Å². The van der Waals surface area contributed by atoms with Crippen LogP contribution in [0.3, 0.4) is 0 Å². The summed E-state index contributed by atoms with van der Waals surface area (Å²) >= 11 is 0. The predicted octanol–water partition coefficient (Wildman–Crippen LogP) is 3.06. The van der Waals surface area contributed by atoms with E-state index in [9.17, 15) is 4.57 Å². The van der Waals surface area contributed by atoms with Crippen LogP contribution < -0.4 is 0 Å². The fourth-order valence-corrected chi connectivity index (χ4v) is 2.61. The topological polar surface area (TPSA) is 54.0 Å². The van der Waals surface area contributed by atoms with E-state index in [2.05, 4.69) is 0 Å². The summed E-state index contributed by atoms with van der Waals surface area (Å²) in [6.45, 7) is 10.0. The Kier molecular flexibility index (Phi) is 6.67. The Labute approximate surface area is 110 Å². The lowest BCUT2D eigenvalue weighted by atomic mass is 10.1. The molecule has 106 valence electrons. The molecular weight excluding hydrogens is 255 g/mol. The van der Waals surface area contributed by atoms with Crippen molar-refractivity contribution in [1.82, 2.24) is 0 Å². The van der Waals surface area contributed by atoms with Gasteiger partial charge in [-0.3, -0.25) is 0 Å². The van der Waals surface area contributed by atoms with Gasteiger partial charge in [0.2, 0.25) is 0 Å². The molecule has 5 nitrogen and oxygen atoms in total. The van der Waals surface area contributed by atoms with Crippen molar-refractivity contribution < 1.29 is 23.1 Å². The zero-order chi connectivity index (χ0) is 13.7. The van der Waals surface area contributed by atoms with Gasteiger partial charge in [0, 0.05) is 11.0 Å². The van der Waals surface area contributed by atoms with Crippen LogP contribution in [-0.2, 0) is 23.1 Å². The van der Waals surface area contributed by atoms with Crippen molar-refractivity contribution in [2.45, 2.75) is 71.6 Å². The Hall–Kier alpha value is -0.0600. The minimum atomic E-state index is -2.09. The van der Waals surface area contributed by atoms with Crippen molar-refractivity contribution >= 4 is 8.25 Å². The van der Waals surface area contributed by atoms with Crippen LogP contribution in [0.1, 0.15) is 41.0 Å². The molecule has 0 aromatic rings. The van der Waals surface area contributed by atoms with Gasteiger partial charge in [0.1, 0.15) is 18.3 Å². The molecule has 2 unspecified atom stereocenters. The summed E-state index contributed by atoms with van der Waals surface area (Å²) in [6.07, 6.45) is 0.454. The Balaban J connectivity index is 2.43. The lowest BCUT2D eigenvalue weighted by Crippen LogP contribution is -2.29. The van der Waals surface area contributed by atoms with Crippen LogP contribution in [0, 0.1) is 0 Å². The van der Waals surface area contributed by atoms with Crippen molar-refractivity contribution in [3.05, 3.63) is 0 Å². The number of ether oxygens (including phenoxy) is 2. The van der Waals surface area contributed by atoms with Gasteiger partial charge >= 0.3 is 8.25 Å². The van der Waals surface area contributed by atoms with Gasteiger partial charge < -0.3 is 9.47 Å². The van der Waals surface area contributed by atoms with Crippen molar-refractivity contribution in [2.24, 2.45) is 0 Å². The summed E-state index contributed by atoms with van der Waals surface area (Å²) in [4.78, 5) is 0. The average Bonchev–Trinajstić information content (AvgIpc) is 2.54. The third-order valence-electron chi connectivity index (χ3n) is 2.50. The van der Waals surface area contributed by atoms with E-state index >= 15 is 0 Å². The van der Waals surface area contributed by atoms with E-state index in [4.69, 9.17) is 18.5 Å². The standard InChI is InChI=1S/C12H24O5P/c1-8(2)14-7-12-11(6-10(5)15-12)17-18(13)16-9(3)4/h8-12H,6-7H2,1-5H3/q+1/t10-,11?,12+/m0/s1. The molecule has 0 saturated carbocycles. The van der Waals surface area contributed by atoms with E-state index in [-0.39, 0.29) is 30.5 Å². The van der Waals surface area contributed by atoms with Crippen LogP contribution in [0.2, 0.25) is 0 Å². The molecule has 6 heteroatoms. The van der Waals surface area contributed by atoms with Crippen molar-refractivity contribution in [1.29, 1.82) is 0 Å². The smallest absolute Gasteiger partial charge is 0.376 e. The van der Waals surface area contributed by atoms with Crippen LogP contribution in [-0.4, -0.2) is 37.1 Å². The van der Waals surface area contributed by atoms with Gasteiger partial charge in [-0.1, -0.05) is 0 Å². The molecule has 1 fully saturated rings. The van der Waals surface area contributed by atoms with E-state index in [1.807, 2.05) is 34.6 Å². The maximum absolute atomic E-state index is 11.6. The van der Waals surface area contributed by atoms with E-state index in [0.29, 0.717) is 13.0 Å². The lowest BCUT2D eigenvalue weighted by Gasteiger charge is -2.16. The maximum Gasteiger partial charge on any atom is 0.698 e. The maximum atomic E-state index is 11.6. The fraction of sp³-hybridized carbons (Fsp3) is 1.00.